The van der Waals surface area contributed by atoms with Crippen LogP contribution in [-0.2, 0) is 6.42 Å². The molecule has 0 saturated heterocycles. The van der Waals surface area contributed by atoms with Crippen molar-refractivity contribution in [1.82, 2.24) is 20.4 Å². The smallest absolute Gasteiger partial charge is 0.251 e. The van der Waals surface area contributed by atoms with E-state index in [0.29, 0.717) is 29.6 Å². The van der Waals surface area contributed by atoms with Gasteiger partial charge in [-0.3, -0.25) is 4.79 Å². The Morgan fingerprint density at radius 3 is 3.15 bits per heavy atom. The van der Waals surface area contributed by atoms with E-state index >= 15 is 0 Å². The number of rotatable bonds is 4. The molecular weight excluding hydrogens is 278 g/mol. The molecule has 0 radical (unpaired) electrons. The zero-order valence-electron chi connectivity index (χ0n) is 10.4. The summed E-state index contributed by atoms with van der Waals surface area (Å²) in [6, 6.07) is 5.30. The third-order valence-electron chi connectivity index (χ3n) is 2.70. The highest BCUT2D eigenvalue weighted by atomic mass is 32.1. The van der Waals surface area contributed by atoms with Crippen molar-refractivity contribution in [2.24, 2.45) is 0 Å². The number of fused-ring (bicyclic) bond motifs is 1. The van der Waals surface area contributed by atoms with Gasteiger partial charge in [-0.15, -0.1) is 0 Å². The zero-order chi connectivity index (χ0) is 13.9. The van der Waals surface area contributed by atoms with Gasteiger partial charge in [-0.05, 0) is 18.2 Å². The molecule has 1 amide bonds. The quantitative estimate of drug-likeness (QED) is 0.748. The van der Waals surface area contributed by atoms with Crippen LogP contribution in [0.5, 0.6) is 0 Å². The average molecular weight is 289 g/mol. The number of thiazole rings is 1. The Morgan fingerprint density at radius 1 is 1.45 bits per heavy atom. The molecule has 102 valence electrons. The molecular formula is C12H11N5O2S. The number of carbonyl (C=O) groups excluding carboxylic acids is 1. The second kappa shape index (κ2) is 5.25. The van der Waals surface area contributed by atoms with Crippen LogP contribution in [0, 0.1) is 0 Å². The topological polar surface area (TPSA) is 107 Å². The average Bonchev–Trinajstić information content (AvgIpc) is 3.05. The fraction of sp³-hybridized carbons (Fsp3) is 0.167. The molecule has 0 unspecified atom stereocenters. The number of nitrogens with two attached hydrogens (primary N) is 1. The standard InChI is InChI=1S/C12H11N5O2S/c13-12-17-8-2-1-7(5-9(8)20-12)11(18)14-4-3-10-15-6-16-19-10/h1-2,5-6H,3-4H2,(H2,13,17)(H,14,18). The molecule has 0 fully saturated rings. The molecule has 2 aromatic heterocycles. The molecule has 3 rings (SSSR count). The van der Waals surface area contributed by atoms with E-state index < -0.39 is 0 Å². The minimum Gasteiger partial charge on any atom is -0.375 e. The maximum Gasteiger partial charge on any atom is 0.251 e. The summed E-state index contributed by atoms with van der Waals surface area (Å²) in [5.41, 5.74) is 7.01. The number of aromatic nitrogens is 3. The summed E-state index contributed by atoms with van der Waals surface area (Å²) >= 11 is 1.36. The van der Waals surface area contributed by atoms with Gasteiger partial charge >= 0.3 is 0 Å². The van der Waals surface area contributed by atoms with Gasteiger partial charge < -0.3 is 15.6 Å². The first-order valence-corrected chi connectivity index (χ1v) is 6.74. The number of nitrogen functional groups attached to an aromatic ring is 1. The van der Waals surface area contributed by atoms with E-state index in [4.69, 9.17) is 10.3 Å². The molecule has 0 atom stereocenters. The molecule has 8 heteroatoms. The monoisotopic (exact) mass is 289 g/mol. The fourth-order valence-corrected chi connectivity index (χ4v) is 2.55. The zero-order valence-corrected chi connectivity index (χ0v) is 11.2. The summed E-state index contributed by atoms with van der Waals surface area (Å²) in [5, 5.41) is 6.79. The van der Waals surface area contributed by atoms with Crippen LogP contribution >= 0.6 is 11.3 Å². The Balaban J connectivity index is 1.65. The highest BCUT2D eigenvalue weighted by Crippen LogP contribution is 2.24. The molecule has 0 saturated carbocycles. The maximum absolute atomic E-state index is 12.0. The van der Waals surface area contributed by atoms with Gasteiger partial charge in [-0.2, -0.15) is 4.98 Å². The Hall–Kier alpha value is -2.48. The summed E-state index contributed by atoms with van der Waals surface area (Å²) < 4.78 is 5.74. The van der Waals surface area contributed by atoms with Crippen molar-refractivity contribution in [2.45, 2.75) is 6.42 Å². The first-order valence-electron chi connectivity index (χ1n) is 5.92. The summed E-state index contributed by atoms with van der Waals surface area (Å²) in [4.78, 5) is 20.0. The summed E-state index contributed by atoms with van der Waals surface area (Å²) in [6.45, 7) is 0.434. The predicted octanol–water partition coefficient (Wildman–Crippen LogP) is 1.23. The van der Waals surface area contributed by atoms with E-state index in [1.165, 1.54) is 17.7 Å². The highest BCUT2D eigenvalue weighted by molar-refractivity contribution is 7.22. The van der Waals surface area contributed by atoms with Crippen LogP contribution in [0.25, 0.3) is 10.2 Å². The Morgan fingerprint density at radius 2 is 2.35 bits per heavy atom. The Bertz CT molecular complexity index is 737. The molecule has 2 heterocycles. The van der Waals surface area contributed by atoms with Gasteiger partial charge in [-0.25, -0.2) is 4.98 Å². The van der Waals surface area contributed by atoms with Gasteiger partial charge in [0.25, 0.3) is 5.91 Å². The number of carbonyl (C=O) groups is 1. The lowest BCUT2D eigenvalue weighted by Gasteiger charge is -2.03. The van der Waals surface area contributed by atoms with Crippen molar-refractivity contribution in [3.05, 3.63) is 36.0 Å². The van der Waals surface area contributed by atoms with Gasteiger partial charge in [0, 0.05) is 18.5 Å². The summed E-state index contributed by atoms with van der Waals surface area (Å²) in [5.74, 6) is 0.342. The highest BCUT2D eigenvalue weighted by Gasteiger charge is 2.09. The lowest BCUT2D eigenvalue weighted by atomic mass is 10.2. The van der Waals surface area contributed by atoms with E-state index in [2.05, 4.69) is 20.4 Å². The first-order chi connectivity index (χ1) is 9.72. The van der Waals surface area contributed by atoms with Crippen LogP contribution in [0.2, 0.25) is 0 Å². The van der Waals surface area contributed by atoms with Crippen molar-refractivity contribution < 1.29 is 9.32 Å². The lowest BCUT2D eigenvalue weighted by molar-refractivity contribution is 0.0953. The third-order valence-corrected chi connectivity index (χ3v) is 3.55. The van der Waals surface area contributed by atoms with E-state index in [0.717, 1.165) is 10.2 Å². The van der Waals surface area contributed by atoms with Crippen molar-refractivity contribution in [3.8, 4) is 0 Å². The number of hydrogen-bond donors (Lipinski definition) is 2. The number of benzene rings is 1. The molecule has 0 aliphatic rings. The molecule has 1 aromatic carbocycles. The first kappa shape index (κ1) is 12.5. The minimum absolute atomic E-state index is 0.154. The lowest BCUT2D eigenvalue weighted by Crippen LogP contribution is -2.25. The second-order valence-electron chi connectivity index (χ2n) is 4.08. The fourth-order valence-electron chi connectivity index (χ4n) is 1.77. The van der Waals surface area contributed by atoms with Crippen LogP contribution < -0.4 is 11.1 Å². The molecule has 3 aromatic rings. The summed E-state index contributed by atoms with van der Waals surface area (Å²) in [7, 11) is 0. The van der Waals surface area contributed by atoms with Crippen LogP contribution in [0.15, 0.2) is 29.0 Å². The minimum atomic E-state index is -0.154. The molecule has 0 bridgehead atoms. The number of anilines is 1. The molecule has 3 N–H and O–H groups in total. The van der Waals surface area contributed by atoms with Crippen LogP contribution in [-0.4, -0.2) is 27.6 Å². The molecule has 0 spiro atoms. The maximum atomic E-state index is 12.0. The van der Waals surface area contributed by atoms with Gasteiger partial charge in [-0.1, -0.05) is 16.5 Å². The van der Waals surface area contributed by atoms with E-state index in [1.807, 2.05) is 0 Å². The van der Waals surface area contributed by atoms with Crippen molar-refractivity contribution >= 4 is 32.6 Å². The molecule has 7 nitrogen and oxygen atoms in total. The van der Waals surface area contributed by atoms with Gasteiger partial charge in [0.15, 0.2) is 11.5 Å². The van der Waals surface area contributed by atoms with E-state index in [9.17, 15) is 4.79 Å². The van der Waals surface area contributed by atoms with Crippen molar-refractivity contribution in [1.29, 1.82) is 0 Å². The number of nitrogens with zero attached hydrogens (tertiary/aromatic N) is 3. The number of amides is 1. The van der Waals surface area contributed by atoms with E-state index in [1.54, 1.807) is 18.2 Å². The van der Waals surface area contributed by atoms with Crippen LogP contribution in [0.4, 0.5) is 5.13 Å². The van der Waals surface area contributed by atoms with E-state index in [-0.39, 0.29) is 5.91 Å². The summed E-state index contributed by atoms with van der Waals surface area (Å²) in [6.07, 6.45) is 1.83. The van der Waals surface area contributed by atoms with Gasteiger partial charge in [0.1, 0.15) is 0 Å². The third kappa shape index (κ3) is 2.59. The molecule has 0 aliphatic carbocycles. The van der Waals surface area contributed by atoms with Crippen molar-refractivity contribution in [2.75, 3.05) is 12.3 Å². The largest absolute Gasteiger partial charge is 0.375 e. The molecule has 0 aliphatic heterocycles. The van der Waals surface area contributed by atoms with Gasteiger partial charge in [0.2, 0.25) is 5.89 Å². The SMILES string of the molecule is Nc1nc2ccc(C(=O)NCCc3ncno3)cc2s1. The molecule has 20 heavy (non-hydrogen) atoms. The second-order valence-corrected chi connectivity index (χ2v) is 5.14. The van der Waals surface area contributed by atoms with Crippen molar-refractivity contribution in [3.63, 3.8) is 0 Å². The predicted molar refractivity (Wildman–Crippen MR) is 74.4 cm³/mol. The Labute approximate surface area is 117 Å². The Kier molecular flexibility index (Phi) is 3.30. The number of nitrogens with one attached hydrogen (secondary N) is 1. The number of hydrogen-bond acceptors (Lipinski definition) is 7. The van der Waals surface area contributed by atoms with Crippen LogP contribution in [0.3, 0.4) is 0 Å². The van der Waals surface area contributed by atoms with Crippen LogP contribution in [0.1, 0.15) is 16.2 Å². The normalized spacial score (nSPS) is 10.8. The van der Waals surface area contributed by atoms with Gasteiger partial charge in [0.05, 0.1) is 10.2 Å².